The van der Waals surface area contributed by atoms with Gasteiger partial charge in [-0.25, -0.2) is 9.78 Å². The number of aromatic nitrogens is 1. The standard InChI is InChI=1S/C18H20N4OS/c1-22(14-7-3-2-4-8-14)12-11-19-18(23)20-13-17-21-15-9-5-6-10-16(15)24-17/h2-10H,11-13H2,1H3,(H2,19,20,23). The Kier molecular flexibility index (Phi) is 5.28. The first kappa shape index (κ1) is 16.3. The summed E-state index contributed by atoms with van der Waals surface area (Å²) in [5.41, 5.74) is 2.11. The van der Waals surface area contributed by atoms with E-state index >= 15 is 0 Å². The first-order valence-electron chi connectivity index (χ1n) is 7.85. The molecule has 0 fully saturated rings. The number of carbonyl (C=O) groups excluding carboxylic acids is 1. The van der Waals surface area contributed by atoms with Gasteiger partial charge in [-0.3, -0.25) is 0 Å². The lowest BCUT2D eigenvalue weighted by Crippen LogP contribution is -2.39. The molecular formula is C18H20N4OS. The maximum Gasteiger partial charge on any atom is 0.315 e. The van der Waals surface area contributed by atoms with E-state index in [1.165, 1.54) is 0 Å². The van der Waals surface area contributed by atoms with Crippen LogP contribution in [0.2, 0.25) is 0 Å². The van der Waals surface area contributed by atoms with Crippen molar-refractivity contribution in [3.05, 3.63) is 59.6 Å². The maximum atomic E-state index is 11.9. The molecule has 0 aliphatic heterocycles. The molecule has 3 rings (SSSR count). The second kappa shape index (κ2) is 7.79. The first-order chi connectivity index (χ1) is 11.7. The van der Waals surface area contributed by atoms with Crippen LogP contribution in [0.4, 0.5) is 10.5 Å². The van der Waals surface area contributed by atoms with Crippen LogP contribution in [0.25, 0.3) is 10.2 Å². The number of nitrogens with zero attached hydrogens (tertiary/aromatic N) is 2. The highest BCUT2D eigenvalue weighted by Gasteiger charge is 2.06. The van der Waals surface area contributed by atoms with Gasteiger partial charge in [-0.05, 0) is 24.3 Å². The van der Waals surface area contributed by atoms with Gasteiger partial charge in [0.1, 0.15) is 5.01 Å². The van der Waals surface area contributed by atoms with Crippen LogP contribution in [0, 0.1) is 0 Å². The summed E-state index contributed by atoms with van der Waals surface area (Å²) in [7, 11) is 2.01. The molecule has 1 aromatic heterocycles. The van der Waals surface area contributed by atoms with E-state index in [9.17, 15) is 4.79 Å². The summed E-state index contributed by atoms with van der Waals surface area (Å²) < 4.78 is 1.14. The van der Waals surface area contributed by atoms with Crippen molar-refractivity contribution in [3.63, 3.8) is 0 Å². The average molecular weight is 340 g/mol. The second-order valence-corrected chi connectivity index (χ2v) is 6.56. The van der Waals surface area contributed by atoms with Gasteiger partial charge in [0.2, 0.25) is 0 Å². The number of thiazole rings is 1. The second-order valence-electron chi connectivity index (χ2n) is 5.44. The minimum Gasteiger partial charge on any atom is -0.373 e. The molecule has 0 saturated carbocycles. The summed E-state index contributed by atoms with van der Waals surface area (Å²) >= 11 is 1.60. The van der Waals surface area contributed by atoms with E-state index in [2.05, 4.69) is 20.5 Å². The molecule has 0 saturated heterocycles. The summed E-state index contributed by atoms with van der Waals surface area (Å²) in [6, 6.07) is 17.9. The zero-order valence-electron chi connectivity index (χ0n) is 13.5. The van der Waals surface area contributed by atoms with E-state index in [4.69, 9.17) is 0 Å². The number of anilines is 1. The molecule has 0 aliphatic carbocycles. The Morgan fingerprint density at radius 2 is 1.83 bits per heavy atom. The molecular weight excluding hydrogens is 320 g/mol. The van der Waals surface area contributed by atoms with Crippen LogP contribution >= 0.6 is 11.3 Å². The summed E-state index contributed by atoms with van der Waals surface area (Å²) in [5, 5.41) is 6.64. The van der Waals surface area contributed by atoms with Crippen molar-refractivity contribution in [2.24, 2.45) is 0 Å². The molecule has 2 amide bonds. The van der Waals surface area contributed by atoms with Crippen molar-refractivity contribution in [1.29, 1.82) is 0 Å². The average Bonchev–Trinajstić information content (AvgIpc) is 3.03. The van der Waals surface area contributed by atoms with Crippen LogP contribution in [-0.2, 0) is 6.54 Å². The molecule has 2 aromatic carbocycles. The fourth-order valence-corrected chi connectivity index (χ4v) is 3.27. The summed E-state index contributed by atoms with van der Waals surface area (Å²) in [6.45, 7) is 1.77. The van der Waals surface area contributed by atoms with Crippen molar-refractivity contribution >= 4 is 33.3 Å². The first-order valence-corrected chi connectivity index (χ1v) is 8.66. The summed E-state index contributed by atoms with van der Waals surface area (Å²) in [4.78, 5) is 18.5. The minimum absolute atomic E-state index is 0.171. The van der Waals surface area contributed by atoms with Gasteiger partial charge in [0.25, 0.3) is 0 Å². The normalized spacial score (nSPS) is 10.5. The SMILES string of the molecule is CN(CCNC(=O)NCc1nc2ccccc2s1)c1ccccc1. The lowest BCUT2D eigenvalue weighted by molar-refractivity contribution is 0.240. The molecule has 6 heteroatoms. The summed E-state index contributed by atoms with van der Waals surface area (Å²) in [5.74, 6) is 0. The van der Waals surface area contributed by atoms with Gasteiger partial charge in [0.15, 0.2) is 0 Å². The number of rotatable bonds is 6. The zero-order chi connectivity index (χ0) is 16.8. The van der Waals surface area contributed by atoms with Crippen LogP contribution in [0.5, 0.6) is 0 Å². The van der Waals surface area contributed by atoms with E-state index in [1.807, 2.05) is 61.6 Å². The highest BCUT2D eigenvalue weighted by Crippen LogP contribution is 2.21. The molecule has 0 radical (unpaired) electrons. The Labute approximate surface area is 145 Å². The van der Waals surface area contributed by atoms with E-state index in [-0.39, 0.29) is 6.03 Å². The third kappa shape index (κ3) is 4.23. The monoisotopic (exact) mass is 340 g/mol. The van der Waals surface area contributed by atoms with Gasteiger partial charge in [-0.15, -0.1) is 11.3 Å². The third-order valence-electron chi connectivity index (χ3n) is 3.67. The molecule has 1 heterocycles. The number of fused-ring (bicyclic) bond motifs is 1. The molecule has 124 valence electrons. The number of likely N-dealkylation sites (N-methyl/N-ethyl adjacent to an activating group) is 1. The largest absolute Gasteiger partial charge is 0.373 e. The fraction of sp³-hybridized carbons (Fsp3) is 0.222. The molecule has 3 aromatic rings. The number of nitrogens with one attached hydrogen (secondary N) is 2. The van der Waals surface area contributed by atoms with Gasteiger partial charge in [0.05, 0.1) is 16.8 Å². The fourth-order valence-electron chi connectivity index (χ4n) is 2.36. The Morgan fingerprint density at radius 3 is 2.62 bits per heavy atom. The van der Waals surface area contributed by atoms with Crippen LogP contribution in [0.1, 0.15) is 5.01 Å². The summed E-state index contributed by atoms with van der Waals surface area (Å²) in [6.07, 6.45) is 0. The number of para-hydroxylation sites is 2. The van der Waals surface area contributed by atoms with Gasteiger partial charge >= 0.3 is 6.03 Å². The lowest BCUT2D eigenvalue weighted by Gasteiger charge is -2.19. The van der Waals surface area contributed by atoms with E-state index < -0.39 is 0 Å². The van der Waals surface area contributed by atoms with Gasteiger partial charge in [-0.1, -0.05) is 30.3 Å². The van der Waals surface area contributed by atoms with E-state index in [1.54, 1.807) is 11.3 Å². The van der Waals surface area contributed by atoms with Crippen LogP contribution in [0.3, 0.4) is 0 Å². The predicted octanol–water partition coefficient (Wildman–Crippen LogP) is 3.23. The Morgan fingerprint density at radius 1 is 1.08 bits per heavy atom. The van der Waals surface area contributed by atoms with Crippen LogP contribution in [0.15, 0.2) is 54.6 Å². The zero-order valence-corrected chi connectivity index (χ0v) is 14.3. The van der Waals surface area contributed by atoms with E-state index in [0.717, 1.165) is 27.5 Å². The molecule has 0 spiro atoms. The molecule has 0 unspecified atom stereocenters. The van der Waals surface area contributed by atoms with Gasteiger partial charge < -0.3 is 15.5 Å². The Balaban J connectivity index is 1.41. The van der Waals surface area contributed by atoms with E-state index in [0.29, 0.717) is 13.1 Å². The smallest absolute Gasteiger partial charge is 0.315 e. The van der Waals surface area contributed by atoms with Crippen molar-refractivity contribution in [2.45, 2.75) is 6.54 Å². The lowest BCUT2D eigenvalue weighted by atomic mass is 10.3. The number of benzene rings is 2. The molecule has 2 N–H and O–H groups in total. The quantitative estimate of drug-likeness (QED) is 0.724. The van der Waals surface area contributed by atoms with Crippen molar-refractivity contribution in [1.82, 2.24) is 15.6 Å². The molecule has 0 atom stereocenters. The number of amides is 2. The highest BCUT2D eigenvalue weighted by molar-refractivity contribution is 7.18. The molecule has 0 bridgehead atoms. The number of urea groups is 1. The third-order valence-corrected chi connectivity index (χ3v) is 4.70. The van der Waals surface area contributed by atoms with Crippen LogP contribution < -0.4 is 15.5 Å². The Bertz CT molecular complexity index is 770. The van der Waals surface area contributed by atoms with Gasteiger partial charge in [-0.2, -0.15) is 0 Å². The highest BCUT2D eigenvalue weighted by atomic mass is 32.1. The number of hydrogen-bond donors (Lipinski definition) is 2. The van der Waals surface area contributed by atoms with Crippen molar-refractivity contribution in [2.75, 3.05) is 25.0 Å². The Hall–Kier alpha value is -2.60. The molecule has 5 nitrogen and oxygen atoms in total. The van der Waals surface area contributed by atoms with Crippen LogP contribution in [-0.4, -0.2) is 31.2 Å². The topological polar surface area (TPSA) is 57.3 Å². The maximum absolute atomic E-state index is 11.9. The van der Waals surface area contributed by atoms with Gasteiger partial charge in [0, 0.05) is 25.8 Å². The number of hydrogen-bond acceptors (Lipinski definition) is 4. The van der Waals surface area contributed by atoms with Crippen molar-refractivity contribution in [3.8, 4) is 0 Å². The minimum atomic E-state index is -0.171. The molecule has 0 aliphatic rings. The van der Waals surface area contributed by atoms with Crippen molar-refractivity contribution < 1.29 is 4.79 Å². The predicted molar refractivity (Wildman–Crippen MR) is 99.6 cm³/mol. The number of carbonyl (C=O) groups is 1. The molecule has 24 heavy (non-hydrogen) atoms.